The van der Waals surface area contributed by atoms with Crippen LogP contribution in [0, 0.1) is 13.8 Å². The summed E-state index contributed by atoms with van der Waals surface area (Å²) < 4.78 is 9.40. The molecule has 0 radical (unpaired) electrons. The first-order chi connectivity index (χ1) is 13.2. The van der Waals surface area contributed by atoms with Crippen molar-refractivity contribution >= 4 is 23.5 Å². The molecular weight excluding hydrogens is 372 g/mol. The topological polar surface area (TPSA) is 52.6 Å². The van der Waals surface area contributed by atoms with Crippen molar-refractivity contribution in [2.24, 2.45) is 0 Å². The van der Waals surface area contributed by atoms with Crippen LogP contribution < -0.4 is 4.74 Å². The highest BCUT2D eigenvalue weighted by molar-refractivity contribution is 8.00. The fourth-order valence-corrected chi connectivity index (χ4v) is 4.03. The molecule has 0 aliphatic rings. The first-order valence-corrected chi connectivity index (χ1v) is 10.1. The number of esters is 1. The molecule has 4 nitrogen and oxygen atoms in total. The fourth-order valence-electron chi connectivity index (χ4n) is 3.05. The number of rotatable bonds is 8. The molecule has 0 heterocycles. The van der Waals surface area contributed by atoms with Crippen LogP contribution in [0.5, 0.6) is 5.75 Å². The zero-order valence-corrected chi connectivity index (χ0v) is 18.2. The first-order valence-electron chi connectivity index (χ1n) is 9.15. The summed E-state index contributed by atoms with van der Waals surface area (Å²) in [5.41, 5.74) is 3.80. The SMILES string of the molecule is COC(=O)C(C(=O)C(C)(C)SCc1ccc(OC)cc1)c1ccc(C)cc1C. The molecule has 1 unspecified atom stereocenters. The lowest BCUT2D eigenvalue weighted by atomic mass is 9.85. The maximum atomic E-state index is 13.4. The first kappa shape index (κ1) is 22.0. The highest BCUT2D eigenvalue weighted by atomic mass is 32.2. The summed E-state index contributed by atoms with van der Waals surface area (Å²) in [4.78, 5) is 25.9. The largest absolute Gasteiger partial charge is 0.497 e. The average molecular weight is 401 g/mol. The van der Waals surface area contributed by atoms with Crippen LogP contribution in [0.25, 0.3) is 0 Å². The third-order valence-corrected chi connectivity index (χ3v) is 6.19. The van der Waals surface area contributed by atoms with E-state index in [9.17, 15) is 9.59 Å². The van der Waals surface area contributed by atoms with Gasteiger partial charge in [0.1, 0.15) is 11.7 Å². The average Bonchev–Trinajstić information content (AvgIpc) is 2.68. The van der Waals surface area contributed by atoms with Crippen molar-refractivity contribution in [3.8, 4) is 5.75 Å². The van der Waals surface area contributed by atoms with Gasteiger partial charge in [0.15, 0.2) is 5.78 Å². The second-order valence-electron chi connectivity index (χ2n) is 7.33. The van der Waals surface area contributed by atoms with Gasteiger partial charge in [0.2, 0.25) is 0 Å². The number of methoxy groups -OCH3 is 2. The Morgan fingerprint density at radius 2 is 1.68 bits per heavy atom. The molecule has 2 aromatic carbocycles. The second kappa shape index (κ2) is 9.28. The molecule has 0 aromatic heterocycles. The molecule has 150 valence electrons. The van der Waals surface area contributed by atoms with Crippen LogP contribution in [0.15, 0.2) is 42.5 Å². The monoisotopic (exact) mass is 400 g/mol. The minimum atomic E-state index is -0.927. The van der Waals surface area contributed by atoms with E-state index in [0.717, 1.165) is 22.4 Å². The van der Waals surface area contributed by atoms with E-state index < -0.39 is 16.6 Å². The molecule has 0 aliphatic carbocycles. The van der Waals surface area contributed by atoms with E-state index in [0.29, 0.717) is 11.3 Å². The van der Waals surface area contributed by atoms with Crippen molar-refractivity contribution in [1.29, 1.82) is 0 Å². The summed E-state index contributed by atoms with van der Waals surface area (Å²) in [5, 5.41) is 0. The van der Waals surface area contributed by atoms with E-state index in [2.05, 4.69) is 0 Å². The predicted molar refractivity (Wildman–Crippen MR) is 114 cm³/mol. The number of hydrogen-bond donors (Lipinski definition) is 0. The molecule has 0 amide bonds. The molecule has 0 N–H and O–H groups in total. The van der Waals surface area contributed by atoms with Gasteiger partial charge in [-0.15, -0.1) is 11.8 Å². The van der Waals surface area contributed by atoms with Gasteiger partial charge in [-0.05, 0) is 56.5 Å². The van der Waals surface area contributed by atoms with Crippen LogP contribution in [0.1, 0.15) is 42.0 Å². The van der Waals surface area contributed by atoms with Gasteiger partial charge in [-0.25, -0.2) is 0 Å². The Hall–Kier alpha value is -2.27. The molecule has 0 saturated carbocycles. The summed E-state index contributed by atoms with van der Waals surface area (Å²) in [6.45, 7) is 7.63. The lowest BCUT2D eigenvalue weighted by Crippen LogP contribution is -2.37. The molecule has 0 bridgehead atoms. The van der Waals surface area contributed by atoms with E-state index in [1.54, 1.807) is 7.11 Å². The Bertz CT molecular complexity index is 840. The molecule has 28 heavy (non-hydrogen) atoms. The number of carbonyl (C=O) groups excluding carboxylic acids is 2. The number of benzene rings is 2. The summed E-state index contributed by atoms with van der Waals surface area (Å²) >= 11 is 1.52. The van der Waals surface area contributed by atoms with Gasteiger partial charge >= 0.3 is 5.97 Å². The quantitative estimate of drug-likeness (QED) is 0.468. The van der Waals surface area contributed by atoms with E-state index >= 15 is 0 Å². The van der Waals surface area contributed by atoms with Crippen molar-refractivity contribution in [3.63, 3.8) is 0 Å². The smallest absolute Gasteiger partial charge is 0.320 e. The standard InChI is InChI=1S/C23H28O4S/c1-15-7-12-19(16(2)13-15)20(22(25)27-6)21(24)23(3,4)28-14-17-8-10-18(26-5)11-9-17/h7-13,20H,14H2,1-6H3. The number of ketones is 1. The van der Waals surface area contributed by atoms with E-state index in [4.69, 9.17) is 9.47 Å². The van der Waals surface area contributed by atoms with Gasteiger partial charge in [0.05, 0.1) is 19.0 Å². The van der Waals surface area contributed by atoms with Crippen molar-refractivity contribution in [2.75, 3.05) is 14.2 Å². The summed E-state index contributed by atoms with van der Waals surface area (Å²) in [6, 6.07) is 13.5. The highest BCUT2D eigenvalue weighted by Gasteiger charge is 2.40. The zero-order valence-electron chi connectivity index (χ0n) is 17.4. The highest BCUT2D eigenvalue weighted by Crippen LogP contribution is 2.36. The molecule has 1 atom stereocenters. The number of hydrogen-bond acceptors (Lipinski definition) is 5. The van der Waals surface area contributed by atoms with Crippen LogP contribution in [0.2, 0.25) is 0 Å². The van der Waals surface area contributed by atoms with Gasteiger partial charge in [0.25, 0.3) is 0 Å². The van der Waals surface area contributed by atoms with E-state index in [1.807, 2.05) is 70.2 Å². The van der Waals surface area contributed by atoms with Gasteiger partial charge in [0, 0.05) is 5.75 Å². The number of ether oxygens (including phenoxy) is 2. The van der Waals surface area contributed by atoms with Gasteiger partial charge in [-0.2, -0.15) is 0 Å². The van der Waals surface area contributed by atoms with Crippen LogP contribution in [0.3, 0.4) is 0 Å². The Labute approximate surface area is 171 Å². The minimum absolute atomic E-state index is 0.148. The number of Topliss-reactive ketones (excluding diaryl/α,β-unsaturated/α-hetero) is 1. The van der Waals surface area contributed by atoms with Crippen molar-refractivity contribution in [3.05, 3.63) is 64.7 Å². The normalized spacial score (nSPS) is 12.4. The molecule has 0 fully saturated rings. The van der Waals surface area contributed by atoms with Crippen molar-refractivity contribution in [2.45, 2.75) is 44.1 Å². The maximum Gasteiger partial charge on any atom is 0.320 e. The van der Waals surface area contributed by atoms with Crippen LogP contribution in [0.4, 0.5) is 0 Å². The van der Waals surface area contributed by atoms with Gasteiger partial charge in [-0.1, -0.05) is 35.9 Å². The van der Waals surface area contributed by atoms with Crippen LogP contribution in [-0.2, 0) is 20.1 Å². The summed E-state index contributed by atoms with van der Waals surface area (Å²) in [7, 11) is 2.95. The number of thioether (sulfide) groups is 1. The van der Waals surface area contributed by atoms with E-state index in [1.165, 1.54) is 18.9 Å². The lowest BCUT2D eigenvalue weighted by Gasteiger charge is -2.28. The van der Waals surface area contributed by atoms with E-state index in [-0.39, 0.29) is 5.78 Å². The van der Waals surface area contributed by atoms with Crippen molar-refractivity contribution < 1.29 is 19.1 Å². The van der Waals surface area contributed by atoms with Crippen molar-refractivity contribution in [1.82, 2.24) is 0 Å². The third-order valence-electron chi connectivity index (χ3n) is 4.79. The third kappa shape index (κ3) is 5.16. The molecule has 0 spiro atoms. The van der Waals surface area contributed by atoms with Crippen LogP contribution >= 0.6 is 11.8 Å². The Morgan fingerprint density at radius 3 is 2.21 bits per heavy atom. The van der Waals surface area contributed by atoms with Crippen LogP contribution in [-0.4, -0.2) is 30.7 Å². The second-order valence-corrected chi connectivity index (χ2v) is 8.93. The van der Waals surface area contributed by atoms with Gasteiger partial charge < -0.3 is 9.47 Å². The minimum Gasteiger partial charge on any atom is -0.497 e. The molecule has 5 heteroatoms. The lowest BCUT2D eigenvalue weighted by molar-refractivity contribution is -0.146. The molecule has 0 saturated heterocycles. The predicted octanol–water partition coefficient (Wildman–Crippen LogP) is 4.85. The number of aryl methyl sites for hydroxylation is 2. The Morgan fingerprint density at radius 1 is 1.04 bits per heavy atom. The number of carbonyl (C=O) groups is 2. The molecule has 0 aliphatic heterocycles. The summed E-state index contributed by atoms with van der Waals surface area (Å²) in [5.74, 6) is -0.141. The Balaban J connectivity index is 2.24. The molecule has 2 rings (SSSR count). The molecular formula is C23H28O4S. The van der Waals surface area contributed by atoms with Gasteiger partial charge in [-0.3, -0.25) is 9.59 Å². The summed E-state index contributed by atoms with van der Waals surface area (Å²) in [6.07, 6.45) is 0. The molecule has 2 aromatic rings. The fraction of sp³-hybridized carbons (Fsp3) is 0.391. The Kier molecular flexibility index (Phi) is 7.30. The zero-order chi connectivity index (χ0) is 20.9. The maximum absolute atomic E-state index is 13.4.